The number of esters is 1. The Kier molecular flexibility index (Phi) is 4.90. The Bertz CT molecular complexity index is 460. The summed E-state index contributed by atoms with van der Waals surface area (Å²) < 4.78 is 42.0. The molecule has 1 aromatic rings. The van der Waals surface area contributed by atoms with Crippen molar-refractivity contribution in [3.05, 3.63) is 34.9 Å². The van der Waals surface area contributed by atoms with Gasteiger partial charge in [0.2, 0.25) is 0 Å². The molecular weight excluding hydrogens is 263 g/mol. The van der Waals surface area contributed by atoms with Crippen LogP contribution in [0.4, 0.5) is 13.2 Å². The molecule has 106 valence electrons. The quantitative estimate of drug-likeness (QED) is 0.823. The monoisotopic (exact) mass is 277 g/mol. The molecule has 0 saturated carbocycles. The molecule has 0 spiro atoms. The second-order valence-corrected chi connectivity index (χ2v) is 3.96. The minimum atomic E-state index is -4.49. The van der Waals surface area contributed by atoms with Crippen LogP contribution >= 0.6 is 0 Å². The summed E-state index contributed by atoms with van der Waals surface area (Å²) in [5.41, 5.74) is 5.18. The number of methoxy groups -OCH3 is 1. The van der Waals surface area contributed by atoms with E-state index in [4.69, 9.17) is 10.8 Å². The molecule has 0 aromatic heterocycles. The molecule has 1 rings (SSSR count). The summed E-state index contributed by atoms with van der Waals surface area (Å²) in [5, 5.41) is 9.11. The van der Waals surface area contributed by atoms with E-state index in [-0.39, 0.29) is 12.0 Å². The highest BCUT2D eigenvalue weighted by Crippen LogP contribution is 2.32. The zero-order valence-electron chi connectivity index (χ0n) is 10.2. The number of rotatable bonds is 4. The lowest BCUT2D eigenvalue weighted by molar-refractivity contribution is -0.141. The van der Waals surface area contributed by atoms with Crippen LogP contribution in [0.5, 0.6) is 0 Å². The van der Waals surface area contributed by atoms with Crippen molar-refractivity contribution in [3.8, 4) is 0 Å². The molecule has 0 unspecified atom stereocenters. The summed E-state index contributed by atoms with van der Waals surface area (Å²) in [6, 6.07) is 2.04. The predicted octanol–water partition coefficient (Wildman–Crippen LogP) is 1.76. The van der Waals surface area contributed by atoms with Gasteiger partial charge in [0.25, 0.3) is 0 Å². The van der Waals surface area contributed by atoms with Crippen molar-refractivity contribution >= 4 is 5.97 Å². The summed E-state index contributed by atoms with van der Waals surface area (Å²) in [7, 11) is 1.19. The van der Waals surface area contributed by atoms with Gasteiger partial charge in [-0.3, -0.25) is 4.79 Å². The summed E-state index contributed by atoms with van der Waals surface area (Å²) in [6.07, 6.45) is -4.66. The van der Waals surface area contributed by atoms with E-state index in [1.165, 1.54) is 13.2 Å². The molecule has 0 amide bonds. The predicted molar refractivity (Wildman–Crippen MR) is 60.9 cm³/mol. The minimum Gasteiger partial charge on any atom is -0.469 e. The summed E-state index contributed by atoms with van der Waals surface area (Å²) in [5.74, 6) is -0.573. The Morgan fingerprint density at radius 2 is 2.11 bits per heavy atom. The van der Waals surface area contributed by atoms with Gasteiger partial charge in [0.1, 0.15) is 0 Å². The SMILES string of the molecule is COC(=O)C[C@@H](N)c1ccc(C(F)(F)F)cc1CO. The molecule has 3 N–H and O–H groups in total. The summed E-state index contributed by atoms with van der Waals surface area (Å²) in [6.45, 7) is -0.589. The number of nitrogens with two attached hydrogens (primary N) is 1. The first kappa shape index (κ1) is 15.5. The number of hydrogen-bond acceptors (Lipinski definition) is 4. The molecule has 0 radical (unpaired) electrons. The van der Waals surface area contributed by atoms with Crippen molar-refractivity contribution in [1.29, 1.82) is 0 Å². The van der Waals surface area contributed by atoms with E-state index < -0.39 is 30.4 Å². The highest BCUT2D eigenvalue weighted by atomic mass is 19.4. The van der Waals surface area contributed by atoms with E-state index >= 15 is 0 Å². The van der Waals surface area contributed by atoms with Crippen LogP contribution in [0.1, 0.15) is 29.2 Å². The van der Waals surface area contributed by atoms with E-state index in [9.17, 15) is 18.0 Å². The van der Waals surface area contributed by atoms with E-state index in [1.807, 2.05) is 0 Å². The number of carbonyl (C=O) groups is 1. The zero-order chi connectivity index (χ0) is 14.6. The van der Waals surface area contributed by atoms with Gasteiger partial charge < -0.3 is 15.6 Å². The highest BCUT2D eigenvalue weighted by Gasteiger charge is 2.31. The summed E-state index contributed by atoms with van der Waals surface area (Å²) >= 11 is 0. The lowest BCUT2D eigenvalue weighted by Gasteiger charge is -2.16. The first-order valence-corrected chi connectivity index (χ1v) is 5.43. The second-order valence-electron chi connectivity index (χ2n) is 3.96. The van der Waals surface area contributed by atoms with Gasteiger partial charge in [-0.05, 0) is 23.3 Å². The van der Waals surface area contributed by atoms with Crippen molar-refractivity contribution in [2.75, 3.05) is 7.11 Å². The maximum Gasteiger partial charge on any atom is 0.416 e. The molecule has 0 fully saturated rings. The van der Waals surface area contributed by atoms with Gasteiger partial charge in [-0.1, -0.05) is 6.07 Å². The largest absolute Gasteiger partial charge is 0.469 e. The fraction of sp³-hybridized carbons (Fsp3) is 0.417. The molecule has 4 nitrogen and oxygen atoms in total. The van der Waals surface area contributed by atoms with Gasteiger partial charge in [0, 0.05) is 6.04 Å². The van der Waals surface area contributed by atoms with Crippen LogP contribution in [0, 0.1) is 0 Å². The molecule has 19 heavy (non-hydrogen) atoms. The van der Waals surface area contributed by atoms with Gasteiger partial charge in [-0.2, -0.15) is 13.2 Å². The molecule has 0 aliphatic carbocycles. The molecule has 0 aliphatic heterocycles. The Morgan fingerprint density at radius 3 is 2.58 bits per heavy atom. The maximum atomic E-state index is 12.5. The lowest BCUT2D eigenvalue weighted by Crippen LogP contribution is -2.18. The van der Waals surface area contributed by atoms with Crippen LogP contribution in [-0.2, 0) is 22.3 Å². The smallest absolute Gasteiger partial charge is 0.416 e. The van der Waals surface area contributed by atoms with E-state index in [0.717, 1.165) is 12.1 Å². The van der Waals surface area contributed by atoms with Crippen molar-refractivity contribution in [3.63, 3.8) is 0 Å². The Labute approximate surface area is 108 Å². The topological polar surface area (TPSA) is 72.5 Å². The van der Waals surface area contributed by atoms with Crippen LogP contribution in [0.2, 0.25) is 0 Å². The third-order valence-corrected chi connectivity index (χ3v) is 2.65. The number of ether oxygens (including phenoxy) is 1. The molecule has 0 bridgehead atoms. The van der Waals surface area contributed by atoms with Gasteiger partial charge in [-0.15, -0.1) is 0 Å². The third kappa shape index (κ3) is 3.93. The molecule has 1 aromatic carbocycles. The maximum absolute atomic E-state index is 12.5. The van der Waals surface area contributed by atoms with Crippen LogP contribution in [-0.4, -0.2) is 18.2 Å². The third-order valence-electron chi connectivity index (χ3n) is 2.65. The number of aliphatic hydroxyl groups is 1. The van der Waals surface area contributed by atoms with Crippen molar-refractivity contribution in [2.24, 2.45) is 5.73 Å². The fourth-order valence-corrected chi connectivity index (χ4v) is 1.65. The van der Waals surface area contributed by atoms with Gasteiger partial charge >= 0.3 is 12.1 Å². The molecule has 0 heterocycles. The van der Waals surface area contributed by atoms with E-state index in [1.54, 1.807) is 0 Å². The Balaban J connectivity index is 3.05. The van der Waals surface area contributed by atoms with Crippen LogP contribution in [0.15, 0.2) is 18.2 Å². The van der Waals surface area contributed by atoms with Crippen LogP contribution in [0.3, 0.4) is 0 Å². The molecule has 0 saturated heterocycles. The number of aliphatic hydroxyl groups excluding tert-OH is 1. The minimum absolute atomic E-state index is 0.0474. The zero-order valence-corrected chi connectivity index (χ0v) is 10.2. The number of benzene rings is 1. The molecule has 7 heteroatoms. The number of alkyl halides is 3. The fourth-order valence-electron chi connectivity index (χ4n) is 1.65. The molecule has 0 aliphatic rings. The van der Waals surface area contributed by atoms with Crippen molar-refractivity contribution < 1.29 is 27.8 Å². The standard InChI is InChI=1S/C12H14F3NO3/c1-19-11(18)5-10(16)9-3-2-8(12(13,14)15)4-7(9)6-17/h2-4,10,17H,5-6,16H2,1H3/t10-/m1/s1. The second kappa shape index (κ2) is 6.03. The van der Waals surface area contributed by atoms with Crippen LogP contribution < -0.4 is 5.73 Å². The highest BCUT2D eigenvalue weighted by molar-refractivity contribution is 5.70. The van der Waals surface area contributed by atoms with Gasteiger partial charge in [0.05, 0.1) is 25.7 Å². The Morgan fingerprint density at radius 1 is 1.47 bits per heavy atom. The number of hydrogen-bond donors (Lipinski definition) is 2. The Hall–Kier alpha value is -1.60. The average Bonchev–Trinajstić information content (AvgIpc) is 2.36. The van der Waals surface area contributed by atoms with Gasteiger partial charge in [0.15, 0.2) is 0 Å². The first-order chi connectivity index (χ1) is 8.79. The first-order valence-electron chi connectivity index (χ1n) is 5.43. The molecular formula is C12H14F3NO3. The number of carbonyl (C=O) groups excluding carboxylic acids is 1. The van der Waals surface area contributed by atoms with E-state index in [2.05, 4.69) is 4.74 Å². The van der Waals surface area contributed by atoms with Crippen LogP contribution in [0.25, 0.3) is 0 Å². The van der Waals surface area contributed by atoms with Crippen molar-refractivity contribution in [2.45, 2.75) is 25.2 Å². The van der Waals surface area contributed by atoms with E-state index in [0.29, 0.717) is 5.56 Å². The van der Waals surface area contributed by atoms with Crippen molar-refractivity contribution in [1.82, 2.24) is 0 Å². The lowest BCUT2D eigenvalue weighted by atomic mass is 9.96. The average molecular weight is 277 g/mol. The van der Waals surface area contributed by atoms with Gasteiger partial charge in [-0.25, -0.2) is 0 Å². The normalized spacial score (nSPS) is 13.2. The number of halogens is 3. The molecule has 1 atom stereocenters. The summed E-state index contributed by atoms with van der Waals surface area (Å²) in [4.78, 5) is 11.1.